The van der Waals surface area contributed by atoms with Crippen LogP contribution in [0.15, 0.2) is 24.3 Å². The highest BCUT2D eigenvalue weighted by atomic mass is 16.2. The molecule has 0 unspecified atom stereocenters. The van der Waals surface area contributed by atoms with Gasteiger partial charge in [0.05, 0.1) is 6.42 Å². The highest BCUT2D eigenvalue weighted by molar-refractivity contribution is 5.78. The summed E-state index contributed by atoms with van der Waals surface area (Å²) in [5.74, 6) is 0.180. The lowest BCUT2D eigenvalue weighted by Gasteiger charge is -2.16. The molecule has 0 aromatic heterocycles. The molecule has 0 bridgehead atoms. The Morgan fingerprint density at radius 1 is 1.24 bits per heavy atom. The van der Waals surface area contributed by atoms with Crippen molar-refractivity contribution >= 4 is 5.91 Å². The fourth-order valence-electron chi connectivity index (χ4n) is 1.62. The zero-order valence-electron chi connectivity index (χ0n) is 10.8. The summed E-state index contributed by atoms with van der Waals surface area (Å²) in [7, 11) is 1.87. The predicted octanol–water partition coefficient (Wildman–Crippen LogP) is 1.95. The van der Waals surface area contributed by atoms with Crippen molar-refractivity contribution in [3.8, 4) is 0 Å². The van der Waals surface area contributed by atoms with Crippen molar-refractivity contribution in [3.63, 3.8) is 0 Å². The number of nitrogens with two attached hydrogens (primary N) is 1. The minimum atomic E-state index is 0.180. The van der Waals surface area contributed by atoms with Crippen LogP contribution in [0.5, 0.6) is 0 Å². The largest absolute Gasteiger partial charge is 0.345 e. The van der Waals surface area contributed by atoms with Gasteiger partial charge < -0.3 is 10.6 Å². The Hall–Kier alpha value is -1.35. The standard InChI is InChI=1S/C14H22N2O/c1-3-4-9-16(2)14(17)10-12-5-7-13(11-15)8-6-12/h5-8H,3-4,9-11,15H2,1-2H3. The zero-order valence-corrected chi connectivity index (χ0v) is 10.8. The quantitative estimate of drug-likeness (QED) is 0.817. The van der Waals surface area contributed by atoms with E-state index in [-0.39, 0.29) is 5.91 Å². The van der Waals surface area contributed by atoms with Crippen LogP contribution in [0.2, 0.25) is 0 Å². The second-order valence-electron chi connectivity index (χ2n) is 4.37. The van der Waals surface area contributed by atoms with Gasteiger partial charge >= 0.3 is 0 Å². The number of carbonyl (C=O) groups excluding carboxylic acids is 1. The van der Waals surface area contributed by atoms with Gasteiger partial charge in [-0.1, -0.05) is 37.6 Å². The van der Waals surface area contributed by atoms with Gasteiger partial charge in [-0.2, -0.15) is 0 Å². The van der Waals surface area contributed by atoms with E-state index in [4.69, 9.17) is 5.73 Å². The Kier molecular flexibility index (Phi) is 5.70. The van der Waals surface area contributed by atoms with Crippen LogP contribution in [0.3, 0.4) is 0 Å². The summed E-state index contributed by atoms with van der Waals surface area (Å²) in [6, 6.07) is 7.92. The molecule has 0 saturated carbocycles. The third-order valence-electron chi connectivity index (χ3n) is 2.89. The molecule has 1 rings (SSSR count). The van der Waals surface area contributed by atoms with Crippen molar-refractivity contribution in [1.29, 1.82) is 0 Å². The van der Waals surface area contributed by atoms with Crippen LogP contribution in [-0.2, 0) is 17.8 Å². The van der Waals surface area contributed by atoms with E-state index < -0.39 is 0 Å². The molecule has 0 fully saturated rings. The van der Waals surface area contributed by atoms with E-state index in [1.807, 2.05) is 31.3 Å². The Morgan fingerprint density at radius 3 is 2.35 bits per heavy atom. The first-order valence-electron chi connectivity index (χ1n) is 6.19. The van der Waals surface area contributed by atoms with E-state index in [9.17, 15) is 4.79 Å². The maximum atomic E-state index is 11.9. The van der Waals surface area contributed by atoms with E-state index in [0.29, 0.717) is 13.0 Å². The third-order valence-corrected chi connectivity index (χ3v) is 2.89. The molecule has 2 N–H and O–H groups in total. The molecule has 3 nitrogen and oxygen atoms in total. The zero-order chi connectivity index (χ0) is 12.7. The smallest absolute Gasteiger partial charge is 0.226 e. The Bertz CT molecular complexity index is 346. The van der Waals surface area contributed by atoms with E-state index >= 15 is 0 Å². The second-order valence-corrected chi connectivity index (χ2v) is 4.37. The van der Waals surface area contributed by atoms with Gasteiger partial charge in [0, 0.05) is 20.1 Å². The molecule has 17 heavy (non-hydrogen) atoms. The van der Waals surface area contributed by atoms with Gasteiger partial charge in [-0.05, 0) is 17.5 Å². The molecule has 1 amide bonds. The summed E-state index contributed by atoms with van der Waals surface area (Å²) in [6.45, 7) is 3.52. The number of benzene rings is 1. The topological polar surface area (TPSA) is 46.3 Å². The number of amides is 1. The number of unbranched alkanes of at least 4 members (excludes halogenated alkanes) is 1. The van der Waals surface area contributed by atoms with Gasteiger partial charge in [0.2, 0.25) is 5.91 Å². The lowest BCUT2D eigenvalue weighted by atomic mass is 10.1. The van der Waals surface area contributed by atoms with Gasteiger partial charge in [-0.25, -0.2) is 0 Å². The molecule has 1 aromatic carbocycles. The van der Waals surface area contributed by atoms with Gasteiger partial charge in [0.15, 0.2) is 0 Å². The monoisotopic (exact) mass is 234 g/mol. The average Bonchev–Trinajstić information content (AvgIpc) is 2.36. The molecule has 0 saturated heterocycles. The minimum absolute atomic E-state index is 0.180. The highest BCUT2D eigenvalue weighted by Gasteiger charge is 2.08. The molecule has 0 aliphatic rings. The van der Waals surface area contributed by atoms with Crippen molar-refractivity contribution in [2.45, 2.75) is 32.7 Å². The normalized spacial score (nSPS) is 10.3. The molecular weight excluding hydrogens is 212 g/mol. The molecule has 0 radical (unpaired) electrons. The highest BCUT2D eigenvalue weighted by Crippen LogP contribution is 2.06. The molecule has 0 spiro atoms. The summed E-state index contributed by atoms with van der Waals surface area (Å²) in [5, 5.41) is 0. The maximum Gasteiger partial charge on any atom is 0.226 e. The maximum absolute atomic E-state index is 11.9. The van der Waals surface area contributed by atoms with Crippen molar-refractivity contribution in [1.82, 2.24) is 4.90 Å². The Morgan fingerprint density at radius 2 is 1.82 bits per heavy atom. The summed E-state index contributed by atoms with van der Waals surface area (Å²) < 4.78 is 0. The number of rotatable bonds is 6. The van der Waals surface area contributed by atoms with Crippen LogP contribution in [0.1, 0.15) is 30.9 Å². The third kappa shape index (κ3) is 4.57. The summed E-state index contributed by atoms with van der Waals surface area (Å²) in [6.07, 6.45) is 2.65. The van der Waals surface area contributed by atoms with Crippen LogP contribution < -0.4 is 5.73 Å². The molecule has 0 heterocycles. The van der Waals surface area contributed by atoms with E-state index in [1.54, 1.807) is 4.90 Å². The van der Waals surface area contributed by atoms with Crippen LogP contribution in [0, 0.1) is 0 Å². The molecule has 0 atom stereocenters. The van der Waals surface area contributed by atoms with Crippen molar-refractivity contribution in [3.05, 3.63) is 35.4 Å². The van der Waals surface area contributed by atoms with Crippen molar-refractivity contribution in [2.24, 2.45) is 5.73 Å². The van der Waals surface area contributed by atoms with Crippen LogP contribution in [0.4, 0.5) is 0 Å². The summed E-state index contributed by atoms with van der Waals surface area (Å²) in [4.78, 5) is 13.7. The van der Waals surface area contributed by atoms with Gasteiger partial charge in [-0.15, -0.1) is 0 Å². The molecule has 94 valence electrons. The fraction of sp³-hybridized carbons (Fsp3) is 0.500. The molecule has 0 aliphatic heterocycles. The van der Waals surface area contributed by atoms with E-state index in [2.05, 4.69) is 6.92 Å². The minimum Gasteiger partial charge on any atom is -0.345 e. The lowest BCUT2D eigenvalue weighted by molar-refractivity contribution is -0.129. The van der Waals surface area contributed by atoms with Gasteiger partial charge in [0.25, 0.3) is 0 Å². The summed E-state index contributed by atoms with van der Waals surface area (Å²) >= 11 is 0. The molecule has 3 heteroatoms. The SMILES string of the molecule is CCCCN(C)C(=O)Cc1ccc(CN)cc1. The second kappa shape index (κ2) is 7.07. The molecule has 0 aliphatic carbocycles. The van der Waals surface area contributed by atoms with Crippen LogP contribution in [-0.4, -0.2) is 24.4 Å². The Labute approximate surface area is 104 Å². The number of nitrogens with zero attached hydrogens (tertiary/aromatic N) is 1. The molecular formula is C14H22N2O. The van der Waals surface area contributed by atoms with Crippen LogP contribution in [0.25, 0.3) is 0 Å². The van der Waals surface area contributed by atoms with Crippen molar-refractivity contribution in [2.75, 3.05) is 13.6 Å². The first kappa shape index (κ1) is 13.7. The number of carbonyl (C=O) groups is 1. The lowest BCUT2D eigenvalue weighted by Crippen LogP contribution is -2.29. The fourth-order valence-corrected chi connectivity index (χ4v) is 1.62. The molecule has 1 aromatic rings. The first-order chi connectivity index (χ1) is 8.17. The van der Waals surface area contributed by atoms with E-state index in [0.717, 1.165) is 30.5 Å². The van der Waals surface area contributed by atoms with E-state index in [1.165, 1.54) is 0 Å². The Balaban J connectivity index is 2.49. The number of likely N-dealkylation sites (N-methyl/N-ethyl adjacent to an activating group) is 1. The van der Waals surface area contributed by atoms with Gasteiger partial charge in [0.1, 0.15) is 0 Å². The van der Waals surface area contributed by atoms with Crippen LogP contribution >= 0.6 is 0 Å². The predicted molar refractivity (Wildman–Crippen MR) is 70.6 cm³/mol. The number of hydrogen-bond acceptors (Lipinski definition) is 2. The number of hydrogen-bond donors (Lipinski definition) is 1. The van der Waals surface area contributed by atoms with Gasteiger partial charge in [-0.3, -0.25) is 4.79 Å². The van der Waals surface area contributed by atoms with Crippen molar-refractivity contribution < 1.29 is 4.79 Å². The first-order valence-corrected chi connectivity index (χ1v) is 6.19. The summed E-state index contributed by atoms with van der Waals surface area (Å²) in [5.41, 5.74) is 7.68. The average molecular weight is 234 g/mol.